The molecule has 0 atom stereocenters. The fraction of sp³-hybridized carbons (Fsp3) is 0.278. The van der Waals surface area contributed by atoms with E-state index in [-0.39, 0.29) is 12.1 Å². The Morgan fingerprint density at radius 1 is 1.04 bits per heavy atom. The number of hydrogen-bond acceptors (Lipinski definition) is 4. The van der Waals surface area contributed by atoms with Crippen LogP contribution in [0.15, 0.2) is 36.4 Å². The first-order valence-corrected chi connectivity index (χ1v) is 7.30. The molecule has 1 amide bonds. The Morgan fingerprint density at radius 2 is 1.62 bits per heavy atom. The van der Waals surface area contributed by atoms with E-state index in [1.807, 2.05) is 0 Å². The van der Waals surface area contributed by atoms with Gasteiger partial charge in [-0.1, -0.05) is 12.1 Å². The summed E-state index contributed by atoms with van der Waals surface area (Å²) in [5.74, 6) is 0.533. The number of ether oxygens (including phenoxy) is 3. The van der Waals surface area contributed by atoms with E-state index in [4.69, 9.17) is 14.2 Å². The molecule has 5 nitrogen and oxygen atoms in total. The van der Waals surface area contributed by atoms with Crippen LogP contribution in [0.2, 0.25) is 0 Å². The monoisotopic (exact) mass is 333 g/mol. The summed E-state index contributed by atoms with van der Waals surface area (Å²) in [5.41, 5.74) is 0.809. The standard InChI is InChI=1S/C18H20FNO4/c1-20(18(21)13-7-5-6-8-14(13)19)11-12-9-15(22-2)17(24-4)16(10-12)23-3/h5-10H,11H2,1-4H3. The normalized spacial score (nSPS) is 10.2. The molecule has 0 bridgehead atoms. The van der Waals surface area contributed by atoms with Crippen LogP contribution >= 0.6 is 0 Å². The summed E-state index contributed by atoms with van der Waals surface area (Å²) in [6, 6.07) is 9.41. The molecule has 2 aromatic rings. The maximum absolute atomic E-state index is 13.8. The third-order valence-electron chi connectivity index (χ3n) is 3.60. The second kappa shape index (κ2) is 7.68. The molecule has 2 aromatic carbocycles. The molecular weight excluding hydrogens is 313 g/mol. The number of benzene rings is 2. The zero-order chi connectivity index (χ0) is 17.7. The van der Waals surface area contributed by atoms with Gasteiger partial charge in [-0.15, -0.1) is 0 Å². The van der Waals surface area contributed by atoms with Gasteiger partial charge in [0.15, 0.2) is 11.5 Å². The summed E-state index contributed by atoms with van der Waals surface area (Å²) < 4.78 is 29.6. The maximum atomic E-state index is 13.8. The molecule has 0 aliphatic heterocycles. The van der Waals surface area contributed by atoms with Gasteiger partial charge in [0, 0.05) is 13.6 Å². The van der Waals surface area contributed by atoms with Gasteiger partial charge < -0.3 is 19.1 Å². The van der Waals surface area contributed by atoms with E-state index in [9.17, 15) is 9.18 Å². The fourth-order valence-corrected chi connectivity index (χ4v) is 2.41. The zero-order valence-corrected chi connectivity index (χ0v) is 14.1. The number of halogens is 1. The molecule has 0 spiro atoms. The number of rotatable bonds is 6. The molecule has 0 radical (unpaired) electrons. The summed E-state index contributed by atoms with van der Waals surface area (Å²) in [5, 5.41) is 0. The third-order valence-corrected chi connectivity index (χ3v) is 3.60. The van der Waals surface area contributed by atoms with Crippen molar-refractivity contribution in [3.63, 3.8) is 0 Å². The van der Waals surface area contributed by atoms with Gasteiger partial charge in [-0.05, 0) is 29.8 Å². The first kappa shape index (κ1) is 17.6. The topological polar surface area (TPSA) is 48.0 Å². The van der Waals surface area contributed by atoms with Crippen LogP contribution in [0, 0.1) is 5.82 Å². The summed E-state index contributed by atoms with van der Waals surface area (Å²) in [4.78, 5) is 13.8. The Kier molecular flexibility index (Phi) is 5.63. The largest absolute Gasteiger partial charge is 0.493 e. The Bertz CT molecular complexity index is 708. The Morgan fingerprint density at radius 3 is 2.12 bits per heavy atom. The highest BCUT2D eigenvalue weighted by atomic mass is 19.1. The third kappa shape index (κ3) is 3.59. The average molecular weight is 333 g/mol. The summed E-state index contributed by atoms with van der Waals surface area (Å²) >= 11 is 0. The number of nitrogens with zero attached hydrogens (tertiary/aromatic N) is 1. The van der Waals surface area contributed by atoms with E-state index in [1.54, 1.807) is 31.3 Å². The maximum Gasteiger partial charge on any atom is 0.256 e. The van der Waals surface area contributed by atoms with E-state index in [2.05, 4.69) is 0 Å². The molecule has 0 aliphatic carbocycles. The van der Waals surface area contributed by atoms with Crippen molar-refractivity contribution in [2.75, 3.05) is 28.4 Å². The van der Waals surface area contributed by atoms with Crippen molar-refractivity contribution in [2.24, 2.45) is 0 Å². The second-order valence-electron chi connectivity index (χ2n) is 5.17. The SMILES string of the molecule is COc1cc(CN(C)C(=O)c2ccccc2F)cc(OC)c1OC. The van der Waals surface area contributed by atoms with Gasteiger partial charge in [0.1, 0.15) is 5.82 Å². The Labute approximate surface area is 140 Å². The summed E-state index contributed by atoms with van der Waals surface area (Å²) in [7, 11) is 6.18. The lowest BCUT2D eigenvalue weighted by atomic mass is 10.1. The van der Waals surface area contributed by atoms with Crippen molar-refractivity contribution in [3.8, 4) is 17.2 Å². The second-order valence-corrected chi connectivity index (χ2v) is 5.17. The molecule has 0 heterocycles. The highest BCUT2D eigenvalue weighted by Gasteiger charge is 2.18. The number of hydrogen-bond donors (Lipinski definition) is 0. The molecule has 0 saturated carbocycles. The quantitative estimate of drug-likeness (QED) is 0.815. The summed E-state index contributed by atoms with van der Waals surface area (Å²) in [6.45, 7) is 0.268. The predicted molar refractivity (Wildman–Crippen MR) is 88.3 cm³/mol. The lowest BCUT2D eigenvalue weighted by Crippen LogP contribution is -2.27. The van der Waals surface area contributed by atoms with Gasteiger partial charge in [-0.2, -0.15) is 0 Å². The van der Waals surface area contributed by atoms with Crippen LogP contribution < -0.4 is 14.2 Å². The fourth-order valence-electron chi connectivity index (χ4n) is 2.41. The Balaban J connectivity index is 2.27. The van der Waals surface area contributed by atoms with E-state index < -0.39 is 11.7 Å². The lowest BCUT2D eigenvalue weighted by Gasteiger charge is -2.20. The van der Waals surface area contributed by atoms with Gasteiger partial charge in [0.25, 0.3) is 5.91 Å². The highest BCUT2D eigenvalue weighted by Crippen LogP contribution is 2.38. The van der Waals surface area contributed by atoms with Crippen molar-refractivity contribution in [1.29, 1.82) is 0 Å². The minimum atomic E-state index is -0.542. The van der Waals surface area contributed by atoms with Gasteiger partial charge in [-0.25, -0.2) is 4.39 Å². The molecule has 6 heteroatoms. The molecule has 0 saturated heterocycles. The number of methoxy groups -OCH3 is 3. The van der Waals surface area contributed by atoms with E-state index >= 15 is 0 Å². The van der Waals surface area contributed by atoms with Crippen molar-refractivity contribution in [2.45, 2.75) is 6.54 Å². The molecule has 2 rings (SSSR count). The van der Waals surface area contributed by atoms with Crippen LogP contribution in [-0.4, -0.2) is 39.2 Å². The molecule has 128 valence electrons. The van der Waals surface area contributed by atoms with Crippen LogP contribution in [0.5, 0.6) is 17.2 Å². The van der Waals surface area contributed by atoms with E-state index in [0.29, 0.717) is 17.2 Å². The van der Waals surface area contributed by atoms with Crippen LogP contribution in [0.1, 0.15) is 15.9 Å². The van der Waals surface area contributed by atoms with Crippen LogP contribution in [-0.2, 0) is 6.54 Å². The minimum Gasteiger partial charge on any atom is -0.493 e. The van der Waals surface area contributed by atoms with E-state index in [0.717, 1.165) is 5.56 Å². The minimum absolute atomic E-state index is 0.0347. The molecular formula is C18H20FNO4. The van der Waals surface area contributed by atoms with Crippen LogP contribution in [0.3, 0.4) is 0 Å². The number of carbonyl (C=O) groups excluding carboxylic acids is 1. The zero-order valence-electron chi connectivity index (χ0n) is 14.1. The first-order chi connectivity index (χ1) is 11.5. The molecule has 0 N–H and O–H groups in total. The summed E-state index contributed by atoms with van der Waals surface area (Å²) in [6.07, 6.45) is 0. The van der Waals surface area contributed by atoms with Crippen LogP contribution in [0.4, 0.5) is 4.39 Å². The number of amides is 1. The molecule has 0 fully saturated rings. The lowest BCUT2D eigenvalue weighted by molar-refractivity contribution is 0.0780. The van der Waals surface area contributed by atoms with Crippen molar-refractivity contribution in [3.05, 3.63) is 53.3 Å². The van der Waals surface area contributed by atoms with Gasteiger partial charge in [-0.3, -0.25) is 4.79 Å². The molecule has 0 unspecified atom stereocenters. The van der Waals surface area contributed by atoms with Gasteiger partial charge in [0.05, 0.1) is 26.9 Å². The van der Waals surface area contributed by atoms with Gasteiger partial charge >= 0.3 is 0 Å². The molecule has 0 aliphatic rings. The molecule has 0 aromatic heterocycles. The Hall–Kier alpha value is -2.76. The average Bonchev–Trinajstić information content (AvgIpc) is 2.60. The molecule has 24 heavy (non-hydrogen) atoms. The van der Waals surface area contributed by atoms with Crippen LogP contribution in [0.25, 0.3) is 0 Å². The van der Waals surface area contributed by atoms with Gasteiger partial charge in [0.2, 0.25) is 5.75 Å². The van der Waals surface area contributed by atoms with Crippen molar-refractivity contribution < 1.29 is 23.4 Å². The highest BCUT2D eigenvalue weighted by molar-refractivity contribution is 5.94. The van der Waals surface area contributed by atoms with E-state index in [1.165, 1.54) is 38.4 Å². The first-order valence-electron chi connectivity index (χ1n) is 7.30. The smallest absolute Gasteiger partial charge is 0.256 e. The van der Waals surface area contributed by atoms with Crippen molar-refractivity contribution in [1.82, 2.24) is 4.90 Å². The number of carbonyl (C=O) groups is 1. The van der Waals surface area contributed by atoms with Crippen molar-refractivity contribution >= 4 is 5.91 Å². The predicted octanol–water partition coefficient (Wildman–Crippen LogP) is 3.12.